The van der Waals surface area contributed by atoms with Gasteiger partial charge in [0.1, 0.15) is 16.5 Å². The van der Waals surface area contributed by atoms with Gasteiger partial charge in [-0.05, 0) is 24.4 Å². The lowest BCUT2D eigenvalue weighted by Gasteiger charge is -2.18. The lowest BCUT2D eigenvalue weighted by molar-refractivity contribution is -0.121. The van der Waals surface area contributed by atoms with Gasteiger partial charge in [-0.1, -0.05) is 11.8 Å². The fourth-order valence-corrected chi connectivity index (χ4v) is 3.78. The van der Waals surface area contributed by atoms with Gasteiger partial charge in [0.05, 0.1) is 12.8 Å². The van der Waals surface area contributed by atoms with Gasteiger partial charge in [0, 0.05) is 32.1 Å². The molecule has 0 spiro atoms. The molecule has 0 aromatic heterocycles. The Balaban J connectivity index is 2.09. The summed E-state index contributed by atoms with van der Waals surface area (Å²) < 4.78 is 5.27. The van der Waals surface area contributed by atoms with Gasteiger partial charge >= 0.3 is 0 Å². The molecule has 21 heavy (non-hydrogen) atoms. The van der Waals surface area contributed by atoms with E-state index in [4.69, 9.17) is 17.0 Å². The molecule has 0 atom stereocenters. The van der Waals surface area contributed by atoms with Gasteiger partial charge in [-0.2, -0.15) is 0 Å². The van der Waals surface area contributed by atoms with E-state index in [1.807, 2.05) is 37.2 Å². The first-order chi connectivity index (χ1) is 9.95. The number of methoxy groups -OCH3 is 1. The second-order valence-corrected chi connectivity index (χ2v) is 6.25. The van der Waals surface area contributed by atoms with Crippen molar-refractivity contribution >= 4 is 40.7 Å². The maximum absolute atomic E-state index is 12.4. The van der Waals surface area contributed by atoms with E-state index in [1.165, 1.54) is 4.90 Å². The van der Waals surface area contributed by atoms with Crippen LogP contribution in [-0.2, 0) is 4.79 Å². The first-order valence-corrected chi connectivity index (χ1v) is 7.57. The molecule has 1 aromatic carbocycles. The Morgan fingerprint density at radius 3 is 2.43 bits per heavy atom. The summed E-state index contributed by atoms with van der Waals surface area (Å²) in [5, 5.41) is 1.41. The highest BCUT2D eigenvalue weighted by Gasteiger charge is 2.39. The van der Waals surface area contributed by atoms with Crippen LogP contribution in [0, 0.1) is 0 Å². The molecule has 2 heterocycles. The van der Waals surface area contributed by atoms with Crippen LogP contribution in [0.1, 0.15) is 0 Å². The molecule has 1 amide bonds. The van der Waals surface area contributed by atoms with E-state index >= 15 is 0 Å². The fraction of sp³-hybridized carbons (Fsp3) is 0.286. The van der Waals surface area contributed by atoms with Crippen LogP contribution in [-0.4, -0.2) is 49.1 Å². The minimum Gasteiger partial charge on any atom is -0.497 e. The van der Waals surface area contributed by atoms with Crippen molar-refractivity contribution in [1.82, 2.24) is 9.80 Å². The number of carbonyl (C=O) groups excluding carboxylic acids is 1. The molecule has 1 aromatic rings. The second kappa shape index (κ2) is 4.92. The largest absolute Gasteiger partial charge is 0.497 e. The summed E-state index contributed by atoms with van der Waals surface area (Å²) in [6.07, 6.45) is 0. The summed E-state index contributed by atoms with van der Waals surface area (Å²) >= 11 is 6.84. The number of nitrogens with zero attached hydrogens (tertiary/aromatic N) is 3. The van der Waals surface area contributed by atoms with Gasteiger partial charge in [0.15, 0.2) is 5.11 Å². The molecule has 1 saturated heterocycles. The molecule has 0 radical (unpaired) electrons. The molecular formula is C14H15N3O2S2. The van der Waals surface area contributed by atoms with Crippen molar-refractivity contribution in [3.8, 4) is 5.75 Å². The van der Waals surface area contributed by atoms with E-state index in [0.717, 1.165) is 21.4 Å². The Bertz CT molecular complexity index is 687. The molecule has 0 N–H and O–H groups in total. The Labute approximate surface area is 133 Å². The van der Waals surface area contributed by atoms with Gasteiger partial charge < -0.3 is 14.5 Å². The van der Waals surface area contributed by atoms with Gasteiger partial charge in [-0.3, -0.25) is 9.69 Å². The van der Waals surface area contributed by atoms with Crippen LogP contribution in [0.2, 0.25) is 0 Å². The zero-order valence-corrected chi connectivity index (χ0v) is 13.8. The molecule has 7 heteroatoms. The van der Waals surface area contributed by atoms with Crippen molar-refractivity contribution in [3.05, 3.63) is 28.9 Å². The lowest BCUT2D eigenvalue weighted by Crippen LogP contribution is -2.26. The number of thioether (sulfide) groups is 1. The van der Waals surface area contributed by atoms with E-state index in [9.17, 15) is 4.79 Å². The third-order valence-corrected chi connectivity index (χ3v) is 5.43. The first kappa shape index (κ1) is 14.2. The first-order valence-electron chi connectivity index (χ1n) is 6.35. The number of amides is 1. The number of thiocarbonyl (C=S) groups is 1. The lowest BCUT2D eigenvalue weighted by atomic mass is 10.3. The zero-order chi connectivity index (χ0) is 15.3. The Kier molecular flexibility index (Phi) is 3.33. The number of carbonyl (C=O) groups is 1. The molecule has 0 aliphatic carbocycles. The number of anilines is 1. The highest BCUT2D eigenvalue weighted by molar-refractivity contribution is 8.03. The highest BCUT2D eigenvalue weighted by atomic mass is 32.2. The van der Waals surface area contributed by atoms with Crippen molar-refractivity contribution in [2.45, 2.75) is 4.90 Å². The number of hydrogen-bond acceptors (Lipinski definition) is 5. The van der Waals surface area contributed by atoms with Crippen LogP contribution < -0.4 is 9.64 Å². The van der Waals surface area contributed by atoms with Crippen LogP contribution >= 0.6 is 24.0 Å². The van der Waals surface area contributed by atoms with Gasteiger partial charge in [0.25, 0.3) is 5.91 Å². The highest BCUT2D eigenvalue weighted by Crippen LogP contribution is 2.48. The number of likely N-dealkylation sites (N-methyl/N-ethyl adjacent to an activating group) is 2. The molecule has 0 bridgehead atoms. The van der Waals surface area contributed by atoms with E-state index in [1.54, 1.807) is 30.8 Å². The normalized spacial score (nSPS) is 21.4. The maximum atomic E-state index is 12.4. The van der Waals surface area contributed by atoms with Crippen LogP contribution in [0.25, 0.3) is 0 Å². The average molecular weight is 321 g/mol. The summed E-state index contributed by atoms with van der Waals surface area (Å²) in [5.41, 5.74) is 1.65. The molecule has 5 nitrogen and oxygen atoms in total. The molecular weight excluding hydrogens is 306 g/mol. The van der Waals surface area contributed by atoms with Crippen LogP contribution in [0.4, 0.5) is 5.69 Å². The Morgan fingerprint density at radius 1 is 1.14 bits per heavy atom. The Morgan fingerprint density at radius 2 is 1.86 bits per heavy atom. The summed E-state index contributed by atoms with van der Waals surface area (Å²) in [6.45, 7) is 0. The van der Waals surface area contributed by atoms with E-state index in [-0.39, 0.29) is 5.91 Å². The number of fused-ring (bicyclic) bond motifs is 1. The standard InChI is InChI=1S/C14H15N3O2S2/c1-15-9-7-8(19-4)5-6-10(9)21-13(15)11-12(18)17(3)14(20)16(11)2/h5-7H,1-4H3/b13-11-. The van der Waals surface area contributed by atoms with E-state index < -0.39 is 0 Å². The predicted octanol–water partition coefficient (Wildman–Crippen LogP) is 2.09. The predicted molar refractivity (Wildman–Crippen MR) is 87.4 cm³/mol. The van der Waals surface area contributed by atoms with Crippen LogP contribution in [0.15, 0.2) is 33.8 Å². The topological polar surface area (TPSA) is 36.0 Å². The fourth-order valence-electron chi connectivity index (χ4n) is 2.41. The zero-order valence-electron chi connectivity index (χ0n) is 12.2. The summed E-state index contributed by atoms with van der Waals surface area (Å²) in [5.74, 6) is 0.725. The minimum atomic E-state index is -0.0726. The van der Waals surface area contributed by atoms with Gasteiger partial charge in [0.2, 0.25) is 0 Å². The molecule has 0 saturated carbocycles. The molecule has 3 rings (SSSR count). The van der Waals surface area contributed by atoms with E-state index in [2.05, 4.69) is 0 Å². The summed E-state index contributed by atoms with van der Waals surface area (Å²) in [7, 11) is 7.11. The number of rotatable bonds is 1. The number of benzene rings is 1. The third kappa shape index (κ3) is 1.99. The molecule has 2 aliphatic rings. The monoisotopic (exact) mass is 321 g/mol. The smallest absolute Gasteiger partial charge is 0.279 e. The van der Waals surface area contributed by atoms with Crippen molar-refractivity contribution in [2.24, 2.45) is 0 Å². The second-order valence-electron chi connectivity index (χ2n) is 4.85. The summed E-state index contributed by atoms with van der Waals surface area (Å²) in [4.78, 5) is 18.8. The van der Waals surface area contributed by atoms with Crippen molar-refractivity contribution in [2.75, 3.05) is 33.2 Å². The quantitative estimate of drug-likeness (QED) is 0.582. The number of ether oxygens (including phenoxy) is 1. The van der Waals surface area contributed by atoms with Crippen LogP contribution in [0.5, 0.6) is 5.75 Å². The van der Waals surface area contributed by atoms with Crippen LogP contribution in [0.3, 0.4) is 0 Å². The SMILES string of the molecule is COc1ccc2c(c1)N(C)/C(=C1\C(=O)N(C)C(=S)N1C)S2. The molecule has 1 fully saturated rings. The van der Waals surface area contributed by atoms with Crippen molar-refractivity contribution in [1.29, 1.82) is 0 Å². The molecule has 2 aliphatic heterocycles. The van der Waals surface area contributed by atoms with Crippen molar-refractivity contribution in [3.63, 3.8) is 0 Å². The minimum absolute atomic E-state index is 0.0726. The molecule has 0 unspecified atom stereocenters. The average Bonchev–Trinajstić information content (AvgIpc) is 2.90. The molecule has 110 valence electrons. The van der Waals surface area contributed by atoms with Gasteiger partial charge in [-0.25, -0.2) is 0 Å². The Hall–Kier alpha value is -1.73. The van der Waals surface area contributed by atoms with Crippen molar-refractivity contribution < 1.29 is 9.53 Å². The summed E-state index contributed by atoms with van der Waals surface area (Å²) in [6, 6.07) is 5.89. The third-order valence-electron chi connectivity index (χ3n) is 3.66. The van der Waals surface area contributed by atoms with Gasteiger partial charge in [-0.15, -0.1) is 0 Å². The maximum Gasteiger partial charge on any atom is 0.279 e. The number of hydrogen-bond donors (Lipinski definition) is 0. The van der Waals surface area contributed by atoms with E-state index in [0.29, 0.717) is 10.8 Å².